The standard InChI is InChI=1S/C27H28N4O3/c1-17-23(26(33)30(28-17)19-11-5-3-6-12-19)25(21-15-9-10-16-22(21)32)24-18(2)29-31(27(24)34)20-13-7-4-8-14-20/h3-16,23-27,32-34H,1-2H3/t23-,24-,26+,27+/m0/s1. The van der Waals surface area contributed by atoms with Crippen molar-refractivity contribution >= 4 is 22.8 Å². The molecule has 174 valence electrons. The number of aliphatic hydroxyl groups is 2. The van der Waals surface area contributed by atoms with Crippen LogP contribution >= 0.6 is 0 Å². The third kappa shape index (κ3) is 3.73. The van der Waals surface area contributed by atoms with Gasteiger partial charge in [0, 0.05) is 17.3 Å². The zero-order valence-electron chi connectivity index (χ0n) is 19.1. The van der Waals surface area contributed by atoms with Crippen LogP contribution < -0.4 is 10.0 Å². The van der Waals surface area contributed by atoms with Crippen molar-refractivity contribution in [1.82, 2.24) is 0 Å². The first-order valence-corrected chi connectivity index (χ1v) is 11.4. The van der Waals surface area contributed by atoms with Crippen molar-refractivity contribution in [2.75, 3.05) is 10.0 Å². The van der Waals surface area contributed by atoms with Gasteiger partial charge in [-0.15, -0.1) is 0 Å². The van der Waals surface area contributed by atoms with E-state index in [0.29, 0.717) is 5.56 Å². The number of hydrogen-bond donors (Lipinski definition) is 3. The molecule has 0 spiro atoms. The number of benzene rings is 3. The molecular formula is C27H28N4O3. The summed E-state index contributed by atoms with van der Waals surface area (Å²) in [6, 6.07) is 26.1. The summed E-state index contributed by atoms with van der Waals surface area (Å²) in [5.74, 6) is -1.31. The molecule has 4 atom stereocenters. The molecular weight excluding hydrogens is 428 g/mol. The SMILES string of the molecule is CC1=NN(c2ccccc2)[C@H](O)[C@@H]1C(c1ccccc1O)[C@@H]1C(C)=NN(c2ccccc2)[C@@H]1O. The van der Waals surface area contributed by atoms with Gasteiger partial charge in [0.25, 0.3) is 0 Å². The summed E-state index contributed by atoms with van der Waals surface area (Å²) in [6.45, 7) is 3.76. The number of aromatic hydroxyl groups is 1. The highest BCUT2D eigenvalue weighted by Crippen LogP contribution is 2.47. The van der Waals surface area contributed by atoms with Crippen LogP contribution in [0, 0.1) is 11.8 Å². The second-order valence-corrected chi connectivity index (χ2v) is 8.81. The summed E-state index contributed by atoms with van der Waals surface area (Å²) in [6.07, 6.45) is -1.95. The molecule has 0 aromatic heterocycles. The van der Waals surface area contributed by atoms with E-state index in [2.05, 4.69) is 10.2 Å². The quantitative estimate of drug-likeness (QED) is 0.537. The lowest BCUT2D eigenvalue weighted by Gasteiger charge is -2.36. The molecule has 2 aliphatic heterocycles. The fraction of sp³-hybridized carbons (Fsp3) is 0.259. The lowest BCUT2D eigenvalue weighted by Crippen LogP contribution is -2.44. The van der Waals surface area contributed by atoms with Gasteiger partial charge in [-0.2, -0.15) is 10.2 Å². The molecule has 0 aliphatic carbocycles. The van der Waals surface area contributed by atoms with Crippen molar-refractivity contribution in [2.45, 2.75) is 32.2 Å². The summed E-state index contributed by atoms with van der Waals surface area (Å²) in [5, 5.41) is 46.4. The Bertz CT molecular complexity index is 1140. The third-order valence-corrected chi connectivity index (χ3v) is 6.75. The van der Waals surface area contributed by atoms with Crippen LogP contribution in [0.15, 0.2) is 95.1 Å². The van der Waals surface area contributed by atoms with E-state index in [4.69, 9.17) is 0 Å². The molecule has 3 N–H and O–H groups in total. The van der Waals surface area contributed by atoms with Gasteiger partial charge in [0.05, 0.1) is 23.2 Å². The molecule has 3 aromatic carbocycles. The Morgan fingerprint density at radius 1 is 0.647 bits per heavy atom. The molecule has 7 nitrogen and oxygen atoms in total. The van der Waals surface area contributed by atoms with Gasteiger partial charge in [-0.05, 0) is 49.7 Å². The summed E-state index contributed by atoms with van der Waals surface area (Å²) in [5.41, 5.74) is 3.64. The van der Waals surface area contributed by atoms with E-state index in [-0.39, 0.29) is 5.75 Å². The van der Waals surface area contributed by atoms with Crippen LogP contribution in [0.4, 0.5) is 11.4 Å². The first-order valence-electron chi connectivity index (χ1n) is 11.4. The van der Waals surface area contributed by atoms with Crippen molar-refractivity contribution in [2.24, 2.45) is 22.0 Å². The van der Waals surface area contributed by atoms with Crippen molar-refractivity contribution in [3.05, 3.63) is 90.5 Å². The zero-order chi connectivity index (χ0) is 23.8. The topological polar surface area (TPSA) is 91.9 Å². The highest BCUT2D eigenvalue weighted by Gasteiger charge is 2.50. The lowest BCUT2D eigenvalue weighted by molar-refractivity contribution is 0.0879. The minimum absolute atomic E-state index is 0.115. The maximum Gasteiger partial charge on any atom is 0.156 e. The Morgan fingerprint density at radius 3 is 1.50 bits per heavy atom. The molecule has 0 amide bonds. The number of rotatable bonds is 5. The van der Waals surface area contributed by atoms with Crippen LogP contribution in [0.25, 0.3) is 0 Å². The minimum Gasteiger partial charge on any atom is -0.508 e. The molecule has 0 saturated carbocycles. The summed E-state index contributed by atoms with van der Waals surface area (Å²) in [7, 11) is 0. The summed E-state index contributed by atoms with van der Waals surface area (Å²) >= 11 is 0. The molecule has 34 heavy (non-hydrogen) atoms. The fourth-order valence-electron chi connectivity index (χ4n) is 5.18. The van der Waals surface area contributed by atoms with E-state index in [9.17, 15) is 15.3 Å². The first kappa shape index (κ1) is 22.1. The van der Waals surface area contributed by atoms with Crippen LogP contribution in [0.2, 0.25) is 0 Å². The van der Waals surface area contributed by atoms with Gasteiger partial charge >= 0.3 is 0 Å². The number of anilines is 2. The molecule has 0 fully saturated rings. The molecule has 7 heteroatoms. The number of hydrogen-bond acceptors (Lipinski definition) is 7. The molecule has 0 unspecified atom stereocenters. The highest BCUT2D eigenvalue weighted by atomic mass is 16.3. The minimum atomic E-state index is -0.974. The molecule has 0 radical (unpaired) electrons. The van der Waals surface area contributed by atoms with Gasteiger partial charge in [0.15, 0.2) is 12.5 Å². The van der Waals surface area contributed by atoms with E-state index >= 15 is 0 Å². The summed E-state index contributed by atoms with van der Waals surface area (Å²) < 4.78 is 0. The predicted octanol–water partition coefficient (Wildman–Crippen LogP) is 4.14. The van der Waals surface area contributed by atoms with E-state index in [1.165, 1.54) is 0 Å². The Hall–Kier alpha value is -3.68. The first-order chi connectivity index (χ1) is 16.5. The molecule has 2 aliphatic rings. The monoisotopic (exact) mass is 456 g/mol. The van der Waals surface area contributed by atoms with E-state index in [1.54, 1.807) is 22.2 Å². The Labute approximate surface area is 198 Å². The third-order valence-electron chi connectivity index (χ3n) is 6.75. The second-order valence-electron chi connectivity index (χ2n) is 8.81. The van der Waals surface area contributed by atoms with Crippen LogP contribution in [0.1, 0.15) is 25.3 Å². The molecule has 5 rings (SSSR count). The van der Waals surface area contributed by atoms with Crippen LogP contribution in [0.3, 0.4) is 0 Å². The number of para-hydroxylation sites is 3. The zero-order valence-corrected chi connectivity index (χ0v) is 19.1. The van der Waals surface area contributed by atoms with E-state index in [1.807, 2.05) is 86.6 Å². The number of aliphatic hydroxyl groups excluding tert-OH is 2. The molecule has 2 heterocycles. The number of phenolic OH excluding ortho intramolecular Hbond substituents is 1. The average Bonchev–Trinajstić information content (AvgIpc) is 3.32. The van der Waals surface area contributed by atoms with Crippen LogP contribution in [-0.2, 0) is 0 Å². The highest BCUT2D eigenvalue weighted by molar-refractivity contribution is 5.93. The predicted molar refractivity (Wildman–Crippen MR) is 134 cm³/mol. The lowest BCUT2D eigenvalue weighted by atomic mass is 9.72. The van der Waals surface area contributed by atoms with Gasteiger partial charge in [-0.25, -0.2) is 10.0 Å². The second kappa shape index (κ2) is 8.93. The molecule has 0 saturated heterocycles. The van der Waals surface area contributed by atoms with Gasteiger partial charge in [0.1, 0.15) is 5.75 Å². The number of hydrazone groups is 2. The van der Waals surface area contributed by atoms with Gasteiger partial charge < -0.3 is 15.3 Å². The van der Waals surface area contributed by atoms with E-state index in [0.717, 1.165) is 22.8 Å². The van der Waals surface area contributed by atoms with Crippen LogP contribution in [0.5, 0.6) is 5.75 Å². The van der Waals surface area contributed by atoms with Crippen molar-refractivity contribution in [3.8, 4) is 5.75 Å². The largest absolute Gasteiger partial charge is 0.508 e. The smallest absolute Gasteiger partial charge is 0.156 e. The average molecular weight is 457 g/mol. The van der Waals surface area contributed by atoms with Gasteiger partial charge in [-0.3, -0.25) is 0 Å². The molecule has 0 bridgehead atoms. The number of nitrogens with zero attached hydrogens (tertiary/aromatic N) is 4. The Balaban J connectivity index is 1.57. The summed E-state index contributed by atoms with van der Waals surface area (Å²) in [4.78, 5) is 0. The molecule has 3 aromatic rings. The fourth-order valence-corrected chi connectivity index (χ4v) is 5.18. The maximum atomic E-state index is 11.5. The van der Waals surface area contributed by atoms with E-state index < -0.39 is 30.2 Å². The Morgan fingerprint density at radius 2 is 1.06 bits per heavy atom. The number of phenols is 1. The van der Waals surface area contributed by atoms with Crippen molar-refractivity contribution in [3.63, 3.8) is 0 Å². The van der Waals surface area contributed by atoms with Gasteiger partial charge in [0.2, 0.25) is 0 Å². The van der Waals surface area contributed by atoms with Crippen molar-refractivity contribution in [1.29, 1.82) is 0 Å². The van der Waals surface area contributed by atoms with Crippen LogP contribution in [-0.4, -0.2) is 39.2 Å². The maximum absolute atomic E-state index is 11.5. The normalized spacial score (nSPS) is 24.5. The van der Waals surface area contributed by atoms with Crippen molar-refractivity contribution < 1.29 is 15.3 Å². The van der Waals surface area contributed by atoms with Gasteiger partial charge in [-0.1, -0.05) is 54.6 Å². The Kier molecular flexibility index (Phi) is 5.81.